The van der Waals surface area contributed by atoms with E-state index in [2.05, 4.69) is 15.6 Å². The average molecular weight is 247 g/mol. The van der Waals surface area contributed by atoms with E-state index in [9.17, 15) is 14.4 Å². The highest BCUT2D eigenvalue weighted by atomic mass is 16.2. The molecule has 3 heterocycles. The number of hydrogen-bond donors (Lipinski definition) is 3. The predicted molar refractivity (Wildman–Crippen MR) is 60.7 cm³/mol. The zero-order valence-corrected chi connectivity index (χ0v) is 9.35. The molecule has 1 aromatic rings. The van der Waals surface area contributed by atoms with Gasteiger partial charge in [0.15, 0.2) is 5.82 Å². The van der Waals surface area contributed by atoms with Gasteiger partial charge in [0.1, 0.15) is 0 Å². The van der Waals surface area contributed by atoms with E-state index in [0.717, 1.165) is 0 Å². The van der Waals surface area contributed by atoms with E-state index in [1.54, 1.807) is 12.1 Å². The molecule has 92 valence electrons. The molecular formula is C10H9N5O3. The number of likely N-dealkylation sites (N-methyl/N-ethyl adjacent to an activating group) is 1. The molecule has 3 N–H and O–H groups in total. The minimum absolute atomic E-state index is 0.405. The molecule has 8 heteroatoms. The van der Waals surface area contributed by atoms with Gasteiger partial charge in [0.05, 0.1) is 5.69 Å². The Bertz CT molecular complexity index is 587. The molecule has 8 nitrogen and oxygen atoms in total. The second-order valence-corrected chi connectivity index (χ2v) is 4.02. The number of nitrogens with one attached hydrogen (secondary N) is 3. The number of aromatic nitrogens is 1. The molecule has 0 unspecified atom stereocenters. The fraction of sp³-hybridized carbons (Fsp3) is 0.200. The molecule has 1 spiro atoms. The molecule has 2 aliphatic rings. The lowest BCUT2D eigenvalue weighted by molar-refractivity contribution is -0.133. The minimum Gasteiger partial charge on any atom is -0.344 e. The van der Waals surface area contributed by atoms with Gasteiger partial charge in [-0.3, -0.25) is 25.1 Å². The molecule has 0 bridgehead atoms. The second-order valence-electron chi connectivity index (χ2n) is 4.02. The van der Waals surface area contributed by atoms with Crippen molar-refractivity contribution in [2.75, 3.05) is 17.3 Å². The van der Waals surface area contributed by atoms with Crippen molar-refractivity contribution in [2.45, 2.75) is 5.66 Å². The van der Waals surface area contributed by atoms with Crippen LogP contribution in [-0.2, 0) is 9.59 Å². The van der Waals surface area contributed by atoms with E-state index in [1.165, 1.54) is 18.1 Å². The normalized spacial score (nSPS) is 25.6. The Morgan fingerprint density at radius 2 is 2.06 bits per heavy atom. The van der Waals surface area contributed by atoms with Crippen LogP contribution in [0.25, 0.3) is 0 Å². The van der Waals surface area contributed by atoms with E-state index in [0.29, 0.717) is 11.5 Å². The van der Waals surface area contributed by atoms with Gasteiger partial charge in [0.2, 0.25) is 0 Å². The van der Waals surface area contributed by atoms with Crippen LogP contribution in [0.4, 0.5) is 16.3 Å². The summed E-state index contributed by atoms with van der Waals surface area (Å²) in [6.07, 6.45) is 1.54. The Hall–Kier alpha value is -2.64. The highest BCUT2D eigenvalue weighted by Gasteiger charge is 2.57. The molecule has 1 fully saturated rings. The second kappa shape index (κ2) is 3.19. The fourth-order valence-corrected chi connectivity index (χ4v) is 2.06. The lowest BCUT2D eigenvalue weighted by atomic mass is 10.1. The van der Waals surface area contributed by atoms with Gasteiger partial charge in [-0.15, -0.1) is 0 Å². The van der Waals surface area contributed by atoms with E-state index in [1.807, 2.05) is 5.32 Å². The Kier molecular flexibility index (Phi) is 1.86. The first kappa shape index (κ1) is 10.5. The third-order valence-electron chi connectivity index (χ3n) is 2.92. The van der Waals surface area contributed by atoms with E-state index >= 15 is 0 Å². The van der Waals surface area contributed by atoms with Crippen molar-refractivity contribution in [3.8, 4) is 0 Å². The molecule has 0 aliphatic carbocycles. The first-order valence-electron chi connectivity index (χ1n) is 5.19. The highest BCUT2D eigenvalue weighted by Crippen LogP contribution is 2.32. The van der Waals surface area contributed by atoms with E-state index < -0.39 is 23.5 Å². The summed E-state index contributed by atoms with van der Waals surface area (Å²) in [4.78, 5) is 40.5. The molecule has 0 radical (unpaired) electrons. The van der Waals surface area contributed by atoms with Gasteiger partial charge in [-0.25, -0.2) is 9.78 Å². The average Bonchev–Trinajstić information content (AvgIpc) is 2.62. The fourth-order valence-electron chi connectivity index (χ4n) is 2.06. The highest BCUT2D eigenvalue weighted by molar-refractivity contribution is 6.26. The summed E-state index contributed by atoms with van der Waals surface area (Å²) in [5, 5.41) is 7.09. The van der Waals surface area contributed by atoms with Crippen LogP contribution < -0.4 is 20.9 Å². The summed E-state index contributed by atoms with van der Waals surface area (Å²) in [7, 11) is 1.49. The van der Waals surface area contributed by atoms with Crippen molar-refractivity contribution in [1.82, 2.24) is 15.6 Å². The summed E-state index contributed by atoms with van der Waals surface area (Å²) in [6, 6.07) is 2.63. The molecule has 1 atom stereocenters. The summed E-state index contributed by atoms with van der Waals surface area (Å²) in [5.41, 5.74) is -1.28. The summed E-state index contributed by atoms with van der Waals surface area (Å²) < 4.78 is 0. The van der Waals surface area contributed by atoms with E-state index in [4.69, 9.17) is 0 Å². The molecule has 3 rings (SSSR count). The number of anilines is 2. The first-order chi connectivity index (χ1) is 8.54. The van der Waals surface area contributed by atoms with Crippen molar-refractivity contribution in [3.05, 3.63) is 18.3 Å². The largest absolute Gasteiger partial charge is 0.344 e. The van der Waals surface area contributed by atoms with E-state index in [-0.39, 0.29) is 0 Å². The summed E-state index contributed by atoms with van der Waals surface area (Å²) >= 11 is 0. The number of hydrogen-bond acceptors (Lipinski definition) is 5. The summed E-state index contributed by atoms with van der Waals surface area (Å²) in [6.45, 7) is 0. The van der Waals surface area contributed by atoms with Crippen LogP contribution in [0, 0.1) is 0 Å². The maximum absolute atomic E-state index is 12.2. The first-order valence-corrected chi connectivity index (χ1v) is 5.19. The minimum atomic E-state index is -1.78. The van der Waals surface area contributed by atoms with Crippen LogP contribution in [-0.4, -0.2) is 35.5 Å². The van der Waals surface area contributed by atoms with Crippen molar-refractivity contribution in [3.63, 3.8) is 0 Å². The molecular weight excluding hydrogens is 238 g/mol. The zero-order valence-electron chi connectivity index (χ0n) is 9.35. The molecule has 2 aliphatic heterocycles. The predicted octanol–water partition coefficient (Wildman–Crippen LogP) is -0.994. The number of amides is 4. The van der Waals surface area contributed by atoms with Gasteiger partial charge < -0.3 is 5.32 Å². The molecule has 0 aromatic carbocycles. The maximum Gasteiger partial charge on any atom is 0.324 e. The van der Waals surface area contributed by atoms with Crippen LogP contribution in [0.2, 0.25) is 0 Å². The Morgan fingerprint density at radius 3 is 2.72 bits per heavy atom. The standard InChI is InChI=1S/C10H9N5O3/c1-15-6-5(3-2-4-11-6)13-10(8(15)17)7(16)12-9(18)14-10/h2-4,13H,1H3,(H2,12,14,16,18)/t10-/m1/s1. The molecule has 1 saturated heterocycles. The Balaban J connectivity index is 2.14. The Morgan fingerprint density at radius 1 is 1.28 bits per heavy atom. The van der Waals surface area contributed by atoms with Gasteiger partial charge in [-0.05, 0) is 12.1 Å². The van der Waals surface area contributed by atoms with Gasteiger partial charge in [0, 0.05) is 13.2 Å². The third kappa shape index (κ3) is 1.14. The monoisotopic (exact) mass is 247 g/mol. The third-order valence-corrected chi connectivity index (χ3v) is 2.92. The number of imide groups is 1. The molecule has 0 saturated carbocycles. The molecule has 1 aromatic heterocycles. The number of rotatable bonds is 0. The lowest BCUT2D eigenvalue weighted by Gasteiger charge is -2.36. The van der Waals surface area contributed by atoms with Gasteiger partial charge in [0.25, 0.3) is 17.5 Å². The summed E-state index contributed by atoms with van der Waals surface area (Å²) in [5.74, 6) is -0.905. The van der Waals surface area contributed by atoms with Crippen molar-refractivity contribution >= 4 is 29.4 Å². The maximum atomic E-state index is 12.2. The van der Waals surface area contributed by atoms with Crippen LogP contribution >= 0.6 is 0 Å². The SMILES string of the molecule is CN1C(=O)[C@@]2(NC(=O)NC2=O)Nc2cccnc21. The topological polar surface area (TPSA) is 103 Å². The smallest absolute Gasteiger partial charge is 0.324 e. The van der Waals surface area contributed by atoms with Crippen molar-refractivity contribution < 1.29 is 14.4 Å². The quantitative estimate of drug-likeness (QED) is 0.403. The number of carbonyl (C=O) groups is 3. The zero-order chi connectivity index (χ0) is 12.9. The number of urea groups is 1. The van der Waals surface area contributed by atoms with Gasteiger partial charge >= 0.3 is 6.03 Å². The van der Waals surface area contributed by atoms with Crippen LogP contribution in [0.3, 0.4) is 0 Å². The number of carbonyl (C=O) groups excluding carboxylic acids is 3. The Labute approximate surface area is 101 Å². The van der Waals surface area contributed by atoms with Crippen LogP contribution in [0.15, 0.2) is 18.3 Å². The number of nitrogens with zero attached hydrogens (tertiary/aromatic N) is 2. The van der Waals surface area contributed by atoms with Crippen LogP contribution in [0.5, 0.6) is 0 Å². The van der Waals surface area contributed by atoms with Crippen molar-refractivity contribution in [1.29, 1.82) is 0 Å². The van der Waals surface area contributed by atoms with Gasteiger partial charge in [-0.1, -0.05) is 0 Å². The lowest BCUT2D eigenvalue weighted by Crippen LogP contribution is -2.66. The van der Waals surface area contributed by atoms with Gasteiger partial charge in [-0.2, -0.15) is 0 Å². The molecule has 18 heavy (non-hydrogen) atoms. The number of fused-ring (bicyclic) bond motifs is 1. The van der Waals surface area contributed by atoms with Crippen molar-refractivity contribution in [2.24, 2.45) is 0 Å². The number of pyridine rings is 1. The van der Waals surface area contributed by atoms with Crippen LogP contribution in [0.1, 0.15) is 0 Å². The molecule has 4 amide bonds.